The number of benzene rings is 2. The Hall–Kier alpha value is -3.61. The zero-order valence-electron chi connectivity index (χ0n) is 15.3. The topological polar surface area (TPSA) is 85.4 Å². The van der Waals surface area contributed by atoms with E-state index in [0.29, 0.717) is 17.2 Å². The molecule has 0 saturated carbocycles. The molecule has 0 fully saturated rings. The van der Waals surface area contributed by atoms with Gasteiger partial charge in [0.15, 0.2) is 0 Å². The normalized spacial score (nSPS) is 10.2. The van der Waals surface area contributed by atoms with Gasteiger partial charge in [0.2, 0.25) is 5.95 Å². The Balaban J connectivity index is 1.82. The number of ether oxygens (including phenoxy) is 2. The van der Waals surface area contributed by atoms with Crippen LogP contribution in [0.2, 0.25) is 0 Å². The Morgan fingerprint density at radius 2 is 1.81 bits per heavy atom. The molecule has 0 aliphatic rings. The molecule has 1 aromatic heterocycles. The van der Waals surface area contributed by atoms with Gasteiger partial charge in [0.1, 0.15) is 17.2 Å². The quantitative estimate of drug-likeness (QED) is 0.692. The Kier molecular flexibility index (Phi) is 5.51. The first kappa shape index (κ1) is 18.2. The second-order valence-electron chi connectivity index (χ2n) is 5.73. The van der Waals surface area contributed by atoms with Gasteiger partial charge in [-0.1, -0.05) is 18.2 Å². The molecule has 2 N–H and O–H groups in total. The summed E-state index contributed by atoms with van der Waals surface area (Å²) < 4.78 is 10.6. The summed E-state index contributed by atoms with van der Waals surface area (Å²) in [5, 5.41) is 5.92. The molecule has 0 unspecified atom stereocenters. The van der Waals surface area contributed by atoms with E-state index in [0.717, 1.165) is 11.3 Å². The summed E-state index contributed by atoms with van der Waals surface area (Å²) >= 11 is 0. The van der Waals surface area contributed by atoms with Crippen LogP contribution >= 0.6 is 0 Å². The van der Waals surface area contributed by atoms with Crippen LogP contribution in [0.1, 0.15) is 16.1 Å². The Morgan fingerprint density at radius 1 is 1.00 bits per heavy atom. The lowest BCUT2D eigenvalue weighted by molar-refractivity contribution is 0.102. The largest absolute Gasteiger partial charge is 0.497 e. The number of carbonyl (C=O) groups is 1. The molecule has 0 bridgehead atoms. The zero-order chi connectivity index (χ0) is 19.2. The van der Waals surface area contributed by atoms with E-state index in [-0.39, 0.29) is 17.5 Å². The third-order valence-electron chi connectivity index (χ3n) is 3.93. The molecular weight excluding hydrogens is 344 g/mol. The van der Waals surface area contributed by atoms with Crippen LogP contribution in [0.3, 0.4) is 0 Å². The number of aryl methyl sites for hydroxylation is 1. The molecule has 1 amide bonds. The summed E-state index contributed by atoms with van der Waals surface area (Å²) in [5.74, 6) is 1.23. The number of nitrogens with one attached hydrogen (secondary N) is 2. The monoisotopic (exact) mass is 364 g/mol. The van der Waals surface area contributed by atoms with Gasteiger partial charge in [-0.15, -0.1) is 0 Å². The van der Waals surface area contributed by atoms with E-state index in [2.05, 4.69) is 20.6 Å². The Morgan fingerprint density at radius 3 is 2.56 bits per heavy atom. The summed E-state index contributed by atoms with van der Waals surface area (Å²) in [4.78, 5) is 21.0. The Labute approximate surface area is 157 Å². The number of amides is 1. The molecule has 2 aromatic carbocycles. The van der Waals surface area contributed by atoms with Crippen molar-refractivity contribution in [1.82, 2.24) is 9.97 Å². The zero-order valence-corrected chi connectivity index (χ0v) is 15.3. The van der Waals surface area contributed by atoms with Crippen LogP contribution in [0.25, 0.3) is 0 Å². The predicted molar refractivity (Wildman–Crippen MR) is 104 cm³/mol. The molecule has 138 valence electrons. The number of hydrogen-bond acceptors (Lipinski definition) is 6. The van der Waals surface area contributed by atoms with Crippen molar-refractivity contribution in [2.75, 3.05) is 24.9 Å². The fourth-order valence-electron chi connectivity index (χ4n) is 2.48. The van der Waals surface area contributed by atoms with E-state index in [1.165, 1.54) is 6.20 Å². The fraction of sp³-hybridized carbons (Fsp3) is 0.150. The summed E-state index contributed by atoms with van der Waals surface area (Å²) in [6.07, 6.45) is 1.52. The first-order valence-electron chi connectivity index (χ1n) is 8.30. The minimum atomic E-state index is -0.313. The first-order chi connectivity index (χ1) is 13.1. The van der Waals surface area contributed by atoms with E-state index < -0.39 is 0 Å². The number of aromatic nitrogens is 2. The Bertz CT molecular complexity index is 959. The third-order valence-corrected chi connectivity index (χ3v) is 3.93. The van der Waals surface area contributed by atoms with Gasteiger partial charge in [0.25, 0.3) is 5.91 Å². The highest BCUT2D eigenvalue weighted by molar-refractivity contribution is 6.03. The number of methoxy groups -OCH3 is 2. The molecule has 7 nitrogen and oxygen atoms in total. The lowest BCUT2D eigenvalue weighted by Gasteiger charge is -2.12. The van der Waals surface area contributed by atoms with E-state index in [4.69, 9.17) is 9.47 Å². The molecule has 0 aliphatic heterocycles. The van der Waals surface area contributed by atoms with Gasteiger partial charge < -0.3 is 20.1 Å². The molecule has 3 rings (SSSR count). The van der Waals surface area contributed by atoms with Crippen molar-refractivity contribution in [3.63, 3.8) is 0 Å². The van der Waals surface area contributed by atoms with Crippen LogP contribution in [0.5, 0.6) is 11.5 Å². The molecule has 0 aliphatic carbocycles. The number of hydrogen-bond donors (Lipinski definition) is 2. The van der Waals surface area contributed by atoms with Crippen LogP contribution in [-0.2, 0) is 0 Å². The highest BCUT2D eigenvalue weighted by atomic mass is 16.5. The van der Waals surface area contributed by atoms with Crippen molar-refractivity contribution < 1.29 is 14.3 Å². The smallest absolute Gasteiger partial charge is 0.274 e. The van der Waals surface area contributed by atoms with Gasteiger partial charge in [0, 0.05) is 18.0 Å². The van der Waals surface area contributed by atoms with Crippen molar-refractivity contribution in [3.8, 4) is 11.5 Å². The summed E-state index contributed by atoms with van der Waals surface area (Å²) in [5.41, 5.74) is 2.59. The maximum atomic E-state index is 12.5. The molecule has 3 aromatic rings. The van der Waals surface area contributed by atoms with Crippen LogP contribution in [0.15, 0.2) is 54.7 Å². The maximum absolute atomic E-state index is 12.5. The highest BCUT2D eigenvalue weighted by Crippen LogP contribution is 2.30. The minimum absolute atomic E-state index is 0.248. The molecule has 0 spiro atoms. The van der Waals surface area contributed by atoms with Crippen LogP contribution in [0, 0.1) is 6.92 Å². The SMILES string of the molecule is COc1ccc(OC)c(Nc2nccc(C(=O)Nc3ccccc3C)n2)c1. The van der Waals surface area contributed by atoms with Crippen molar-refractivity contribution in [2.24, 2.45) is 0 Å². The number of carbonyl (C=O) groups excluding carboxylic acids is 1. The second-order valence-corrected chi connectivity index (χ2v) is 5.73. The lowest BCUT2D eigenvalue weighted by atomic mass is 10.2. The standard InChI is InChI=1S/C20H20N4O3/c1-13-6-4-5-7-15(13)22-19(25)16-10-11-21-20(23-16)24-17-12-14(26-2)8-9-18(17)27-3/h4-12H,1-3H3,(H,22,25)(H,21,23,24). The average Bonchev–Trinajstić information content (AvgIpc) is 2.70. The van der Waals surface area contributed by atoms with Crippen molar-refractivity contribution >= 4 is 23.2 Å². The lowest BCUT2D eigenvalue weighted by Crippen LogP contribution is -2.15. The summed E-state index contributed by atoms with van der Waals surface area (Å²) in [6, 6.07) is 14.4. The van der Waals surface area contributed by atoms with Crippen molar-refractivity contribution in [3.05, 3.63) is 66.0 Å². The maximum Gasteiger partial charge on any atom is 0.274 e. The molecule has 1 heterocycles. The molecule has 27 heavy (non-hydrogen) atoms. The van der Waals surface area contributed by atoms with E-state index in [1.807, 2.05) is 31.2 Å². The third kappa shape index (κ3) is 4.33. The molecule has 0 saturated heterocycles. The van der Waals surface area contributed by atoms with Gasteiger partial charge in [-0.05, 0) is 36.8 Å². The molecule has 7 heteroatoms. The number of anilines is 3. The fourth-order valence-corrected chi connectivity index (χ4v) is 2.48. The summed E-state index contributed by atoms with van der Waals surface area (Å²) in [6.45, 7) is 1.93. The van der Waals surface area contributed by atoms with Gasteiger partial charge >= 0.3 is 0 Å². The van der Waals surface area contributed by atoms with E-state index >= 15 is 0 Å². The predicted octanol–water partition coefficient (Wildman–Crippen LogP) is 3.80. The van der Waals surface area contributed by atoms with Crippen LogP contribution < -0.4 is 20.1 Å². The van der Waals surface area contributed by atoms with Crippen molar-refractivity contribution in [1.29, 1.82) is 0 Å². The number of para-hydroxylation sites is 1. The summed E-state index contributed by atoms with van der Waals surface area (Å²) in [7, 11) is 3.15. The van der Waals surface area contributed by atoms with Gasteiger partial charge in [-0.2, -0.15) is 0 Å². The van der Waals surface area contributed by atoms with Gasteiger partial charge in [0.05, 0.1) is 19.9 Å². The molecule has 0 atom stereocenters. The van der Waals surface area contributed by atoms with Crippen LogP contribution in [-0.4, -0.2) is 30.1 Å². The number of nitrogens with zero attached hydrogens (tertiary/aromatic N) is 2. The second kappa shape index (κ2) is 8.18. The van der Waals surface area contributed by atoms with Gasteiger partial charge in [-0.25, -0.2) is 9.97 Å². The minimum Gasteiger partial charge on any atom is -0.497 e. The molecular formula is C20H20N4O3. The van der Waals surface area contributed by atoms with Crippen molar-refractivity contribution in [2.45, 2.75) is 6.92 Å². The first-order valence-corrected chi connectivity index (χ1v) is 8.30. The number of rotatable bonds is 6. The van der Waals surface area contributed by atoms with E-state index in [9.17, 15) is 4.79 Å². The average molecular weight is 364 g/mol. The van der Waals surface area contributed by atoms with Gasteiger partial charge in [-0.3, -0.25) is 4.79 Å². The highest BCUT2D eigenvalue weighted by Gasteiger charge is 2.12. The van der Waals surface area contributed by atoms with Crippen LogP contribution in [0.4, 0.5) is 17.3 Å². The molecule has 0 radical (unpaired) electrons. The van der Waals surface area contributed by atoms with E-state index in [1.54, 1.807) is 38.5 Å².